The van der Waals surface area contributed by atoms with Gasteiger partial charge in [-0.05, 0) is 29.5 Å². The molecule has 23 heavy (non-hydrogen) atoms. The quantitative estimate of drug-likeness (QED) is 0.605. The summed E-state index contributed by atoms with van der Waals surface area (Å²) in [6, 6.07) is 12.4. The van der Waals surface area contributed by atoms with E-state index in [2.05, 4.69) is 46.1 Å². The molecule has 2 rings (SSSR count). The minimum absolute atomic E-state index is 0.335. The van der Waals surface area contributed by atoms with Gasteiger partial charge in [-0.25, -0.2) is 0 Å². The third kappa shape index (κ3) is 5.28. The van der Waals surface area contributed by atoms with Crippen molar-refractivity contribution >= 4 is 17.3 Å². The molecule has 5 heteroatoms. The summed E-state index contributed by atoms with van der Waals surface area (Å²) in [5, 5.41) is 8.85. The van der Waals surface area contributed by atoms with E-state index in [-0.39, 0.29) is 0 Å². The summed E-state index contributed by atoms with van der Waals surface area (Å²) in [6.07, 6.45) is 1.01. The van der Waals surface area contributed by atoms with Gasteiger partial charge in [0.15, 0.2) is 5.96 Å². The van der Waals surface area contributed by atoms with Crippen molar-refractivity contribution in [2.24, 2.45) is 4.99 Å². The summed E-state index contributed by atoms with van der Waals surface area (Å²) < 4.78 is 5.43. The maximum atomic E-state index is 5.43. The lowest BCUT2D eigenvalue weighted by atomic mass is 10.0. The summed E-state index contributed by atoms with van der Waals surface area (Å²) >= 11 is 1.79. The van der Waals surface area contributed by atoms with Gasteiger partial charge < -0.3 is 15.4 Å². The highest BCUT2D eigenvalue weighted by Crippen LogP contribution is 2.25. The van der Waals surface area contributed by atoms with Crippen LogP contribution in [0.3, 0.4) is 0 Å². The normalized spacial score (nSPS) is 12.7. The number of hydrogen-bond acceptors (Lipinski definition) is 3. The van der Waals surface area contributed by atoms with Crippen LogP contribution < -0.4 is 15.4 Å². The van der Waals surface area contributed by atoms with Crippen molar-refractivity contribution in [3.05, 3.63) is 52.2 Å². The molecule has 0 aliphatic heterocycles. The van der Waals surface area contributed by atoms with Gasteiger partial charge in [-0.2, -0.15) is 0 Å². The second-order valence-corrected chi connectivity index (χ2v) is 6.38. The van der Waals surface area contributed by atoms with E-state index >= 15 is 0 Å². The van der Waals surface area contributed by atoms with E-state index in [0.29, 0.717) is 5.92 Å². The first-order chi connectivity index (χ1) is 11.2. The fraction of sp³-hybridized carbons (Fsp3) is 0.389. The number of hydrogen-bond donors (Lipinski definition) is 2. The molecular formula is C18H25N3OS. The molecule has 1 atom stereocenters. The van der Waals surface area contributed by atoms with Gasteiger partial charge in [0.1, 0.15) is 5.75 Å². The molecule has 0 aliphatic carbocycles. The smallest absolute Gasteiger partial charge is 0.191 e. The average Bonchev–Trinajstić information content (AvgIpc) is 3.11. The second kappa shape index (κ2) is 9.20. The van der Waals surface area contributed by atoms with Crippen molar-refractivity contribution in [3.63, 3.8) is 0 Å². The van der Waals surface area contributed by atoms with Gasteiger partial charge in [0.05, 0.1) is 7.11 Å². The van der Waals surface area contributed by atoms with E-state index < -0.39 is 0 Å². The predicted molar refractivity (Wildman–Crippen MR) is 98.8 cm³/mol. The zero-order valence-corrected chi connectivity index (χ0v) is 14.8. The molecular weight excluding hydrogens is 306 g/mol. The van der Waals surface area contributed by atoms with Crippen LogP contribution >= 0.6 is 11.3 Å². The molecule has 0 saturated heterocycles. The molecule has 0 amide bonds. The summed E-state index contributed by atoms with van der Waals surface area (Å²) in [4.78, 5) is 5.67. The Bertz CT molecular complexity index is 610. The molecule has 124 valence electrons. The van der Waals surface area contributed by atoms with Crippen LogP contribution in [-0.2, 0) is 6.42 Å². The Morgan fingerprint density at radius 3 is 2.74 bits per heavy atom. The molecule has 0 spiro atoms. The molecule has 2 N–H and O–H groups in total. The van der Waals surface area contributed by atoms with Crippen LogP contribution in [0.1, 0.15) is 23.3 Å². The molecule has 0 radical (unpaired) electrons. The zero-order valence-electron chi connectivity index (χ0n) is 14.0. The van der Waals surface area contributed by atoms with Crippen LogP contribution in [0, 0.1) is 0 Å². The maximum Gasteiger partial charge on any atom is 0.191 e. The molecule has 1 aromatic heterocycles. The Labute approximate surface area is 142 Å². The number of nitrogens with one attached hydrogen (secondary N) is 2. The van der Waals surface area contributed by atoms with Gasteiger partial charge in [-0.15, -0.1) is 11.3 Å². The number of thiophene rings is 1. The lowest BCUT2D eigenvalue weighted by Gasteiger charge is -2.18. The second-order valence-electron chi connectivity index (χ2n) is 5.35. The first-order valence-electron chi connectivity index (χ1n) is 7.84. The first-order valence-corrected chi connectivity index (χ1v) is 8.72. The molecule has 2 aromatic rings. The first kappa shape index (κ1) is 17.3. The Kier molecular flexibility index (Phi) is 6.94. The van der Waals surface area contributed by atoms with E-state index in [1.165, 1.54) is 10.4 Å². The predicted octanol–water partition coefficient (Wildman–Crippen LogP) is 3.27. The Hall–Kier alpha value is -2.01. The molecule has 4 nitrogen and oxygen atoms in total. The molecule has 0 bridgehead atoms. The van der Waals surface area contributed by atoms with Gasteiger partial charge in [-0.1, -0.05) is 31.2 Å². The van der Waals surface area contributed by atoms with Gasteiger partial charge in [0, 0.05) is 30.9 Å². The molecule has 1 unspecified atom stereocenters. The number of nitrogens with zero attached hydrogens (tertiary/aromatic N) is 1. The van der Waals surface area contributed by atoms with Gasteiger partial charge in [-0.3, -0.25) is 4.99 Å². The molecule has 0 aliphatic rings. The Balaban J connectivity index is 1.80. The number of methoxy groups -OCH3 is 1. The Morgan fingerprint density at radius 2 is 2.04 bits per heavy atom. The van der Waals surface area contributed by atoms with Crippen molar-refractivity contribution in [1.29, 1.82) is 0 Å². The highest BCUT2D eigenvalue weighted by molar-refractivity contribution is 7.09. The van der Waals surface area contributed by atoms with E-state index in [4.69, 9.17) is 4.74 Å². The lowest BCUT2D eigenvalue weighted by molar-refractivity contribution is 0.406. The number of para-hydroxylation sites is 1. The van der Waals surface area contributed by atoms with Crippen LogP contribution in [0.4, 0.5) is 0 Å². The summed E-state index contributed by atoms with van der Waals surface area (Å²) in [5.41, 5.74) is 1.21. The number of ether oxygens (including phenoxy) is 1. The maximum absolute atomic E-state index is 5.43. The molecule has 0 fully saturated rings. The largest absolute Gasteiger partial charge is 0.496 e. The molecule has 1 heterocycles. The number of benzene rings is 1. The minimum Gasteiger partial charge on any atom is -0.496 e. The SMILES string of the molecule is CN=C(NCCc1cccs1)NCC(C)c1ccccc1OC. The molecule has 0 saturated carbocycles. The lowest BCUT2D eigenvalue weighted by Crippen LogP contribution is -2.39. The monoisotopic (exact) mass is 331 g/mol. The zero-order chi connectivity index (χ0) is 16.5. The van der Waals surface area contributed by atoms with E-state index in [9.17, 15) is 0 Å². The topological polar surface area (TPSA) is 45.7 Å². The average molecular weight is 331 g/mol. The third-order valence-electron chi connectivity index (χ3n) is 3.71. The van der Waals surface area contributed by atoms with Crippen LogP contribution in [0.2, 0.25) is 0 Å². The van der Waals surface area contributed by atoms with Crippen molar-refractivity contribution in [1.82, 2.24) is 10.6 Å². The fourth-order valence-corrected chi connectivity index (χ4v) is 3.12. The van der Waals surface area contributed by atoms with Crippen LogP contribution in [-0.4, -0.2) is 33.2 Å². The van der Waals surface area contributed by atoms with Crippen molar-refractivity contribution in [2.45, 2.75) is 19.3 Å². The van der Waals surface area contributed by atoms with E-state index in [1.54, 1.807) is 25.5 Å². The highest BCUT2D eigenvalue weighted by atomic mass is 32.1. The van der Waals surface area contributed by atoms with Crippen LogP contribution in [0.15, 0.2) is 46.8 Å². The number of aliphatic imine (C=N–C) groups is 1. The van der Waals surface area contributed by atoms with Crippen molar-refractivity contribution in [3.8, 4) is 5.75 Å². The minimum atomic E-state index is 0.335. The van der Waals surface area contributed by atoms with Gasteiger partial charge in [0.25, 0.3) is 0 Å². The fourth-order valence-electron chi connectivity index (χ4n) is 2.41. The summed E-state index contributed by atoms with van der Waals surface area (Å²) in [6.45, 7) is 3.87. The number of rotatable bonds is 7. The third-order valence-corrected chi connectivity index (χ3v) is 4.65. The van der Waals surface area contributed by atoms with Crippen molar-refractivity contribution in [2.75, 3.05) is 27.2 Å². The van der Waals surface area contributed by atoms with Gasteiger partial charge >= 0.3 is 0 Å². The molecule has 1 aromatic carbocycles. The highest BCUT2D eigenvalue weighted by Gasteiger charge is 2.11. The number of guanidine groups is 1. The van der Waals surface area contributed by atoms with Crippen LogP contribution in [0.25, 0.3) is 0 Å². The summed E-state index contributed by atoms with van der Waals surface area (Å²) in [5.74, 6) is 2.10. The summed E-state index contributed by atoms with van der Waals surface area (Å²) in [7, 11) is 3.51. The van der Waals surface area contributed by atoms with Crippen molar-refractivity contribution < 1.29 is 4.74 Å². The Morgan fingerprint density at radius 1 is 1.22 bits per heavy atom. The van der Waals surface area contributed by atoms with E-state index in [0.717, 1.165) is 31.2 Å². The van der Waals surface area contributed by atoms with Crippen LogP contribution in [0.5, 0.6) is 5.75 Å². The van der Waals surface area contributed by atoms with Gasteiger partial charge in [0.2, 0.25) is 0 Å². The van der Waals surface area contributed by atoms with E-state index in [1.807, 2.05) is 18.2 Å². The standard InChI is InChI=1S/C18H25N3OS/c1-14(16-8-4-5-9-17(16)22-3)13-21-18(19-2)20-11-10-15-7-6-12-23-15/h4-9,12,14H,10-11,13H2,1-3H3,(H2,19,20,21).